The molecule has 2 rings (SSSR count). The normalized spacial score (nSPS) is 11.5. The summed E-state index contributed by atoms with van der Waals surface area (Å²) >= 11 is 0. The monoisotopic (exact) mass is 343 g/mol. The summed E-state index contributed by atoms with van der Waals surface area (Å²) in [4.78, 5) is 23.7. The fourth-order valence-corrected chi connectivity index (χ4v) is 2.56. The van der Waals surface area contributed by atoms with Gasteiger partial charge >= 0.3 is 5.97 Å². The maximum Gasteiger partial charge on any atom is 0.335 e. The van der Waals surface area contributed by atoms with Crippen LogP contribution in [0.3, 0.4) is 0 Å². The van der Waals surface area contributed by atoms with E-state index in [0.717, 1.165) is 11.3 Å². The van der Waals surface area contributed by atoms with Crippen LogP contribution in [0.1, 0.15) is 35.2 Å². The average Bonchev–Trinajstić information content (AvgIpc) is 2.63. The third kappa shape index (κ3) is 4.29. The van der Waals surface area contributed by atoms with Gasteiger partial charge in [0.25, 0.3) is 0 Å². The van der Waals surface area contributed by atoms with Gasteiger partial charge in [0.05, 0.1) is 31.4 Å². The third-order valence-corrected chi connectivity index (χ3v) is 3.95. The highest BCUT2D eigenvalue weighted by atomic mass is 16.5. The summed E-state index contributed by atoms with van der Waals surface area (Å²) in [5.41, 5.74) is 1.41. The standard InChI is InChI=1S/C19H21NO5/c1-4-15(12-5-8-14(24-2)9-6-12)18(21)20-16-10-7-13(19(22)23)11-17(16)25-3/h5-11,15H,4H2,1-3H3,(H,20,21)(H,22,23). The van der Waals surface area contributed by atoms with Crippen molar-refractivity contribution in [2.45, 2.75) is 19.3 Å². The molecule has 0 radical (unpaired) electrons. The Morgan fingerprint density at radius 2 is 1.76 bits per heavy atom. The first-order valence-corrected chi connectivity index (χ1v) is 7.86. The number of carbonyl (C=O) groups excluding carboxylic acids is 1. The highest BCUT2D eigenvalue weighted by molar-refractivity contribution is 5.98. The molecule has 2 aromatic carbocycles. The molecule has 1 unspecified atom stereocenters. The number of carboxylic acids is 1. The Hall–Kier alpha value is -3.02. The molecular formula is C19H21NO5. The summed E-state index contributed by atoms with van der Waals surface area (Å²) < 4.78 is 10.3. The van der Waals surface area contributed by atoms with Gasteiger partial charge in [-0.25, -0.2) is 4.79 Å². The minimum atomic E-state index is -1.05. The molecule has 0 aliphatic carbocycles. The minimum absolute atomic E-state index is 0.0945. The van der Waals surface area contributed by atoms with Crippen molar-refractivity contribution in [2.24, 2.45) is 0 Å². The second kappa shape index (κ2) is 8.19. The lowest BCUT2D eigenvalue weighted by Gasteiger charge is -2.17. The van der Waals surface area contributed by atoms with Crippen LogP contribution in [0, 0.1) is 0 Å². The lowest BCUT2D eigenvalue weighted by Crippen LogP contribution is -2.21. The SMILES string of the molecule is CCC(C(=O)Nc1ccc(C(=O)O)cc1OC)c1ccc(OC)cc1. The molecule has 25 heavy (non-hydrogen) atoms. The molecule has 2 N–H and O–H groups in total. The number of hydrogen-bond donors (Lipinski definition) is 2. The summed E-state index contributed by atoms with van der Waals surface area (Å²) in [5, 5.41) is 11.9. The zero-order valence-electron chi connectivity index (χ0n) is 14.4. The van der Waals surface area contributed by atoms with Crippen molar-refractivity contribution in [1.82, 2.24) is 0 Å². The zero-order valence-corrected chi connectivity index (χ0v) is 14.4. The molecule has 0 fully saturated rings. The first-order valence-electron chi connectivity index (χ1n) is 7.86. The Bertz CT molecular complexity index is 755. The lowest BCUT2D eigenvalue weighted by atomic mass is 9.95. The highest BCUT2D eigenvalue weighted by Gasteiger charge is 2.20. The van der Waals surface area contributed by atoms with Gasteiger partial charge in [-0.1, -0.05) is 19.1 Å². The number of aromatic carboxylic acids is 1. The Morgan fingerprint density at radius 3 is 2.28 bits per heavy atom. The molecule has 0 saturated carbocycles. The van der Waals surface area contributed by atoms with E-state index in [4.69, 9.17) is 14.6 Å². The van der Waals surface area contributed by atoms with Gasteiger partial charge in [0.15, 0.2) is 0 Å². The Balaban J connectivity index is 2.22. The van der Waals surface area contributed by atoms with Crippen LogP contribution in [-0.2, 0) is 4.79 Å². The van der Waals surface area contributed by atoms with Crippen LogP contribution < -0.4 is 14.8 Å². The molecule has 0 aliphatic rings. The van der Waals surface area contributed by atoms with E-state index in [9.17, 15) is 9.59 Å². The number of amides is 1. The molecule has 2 aromatic rings. The minimum Gasteiger partial charge on any atom is -0.497 e. The van der Waals surface area contributed by atoms with E-state index >= 15 is 0 Å². The summed E-state index contributed by atoms with van der Waals surface area (Å²) in [6.45, 7) is 1.93. The molecule has 0 bridgehead atoms. The van der Waals surface area contributed by atoms with Crippen molar-refractivity contribution in [3.8, 4) is 11.5 Å². The van der Waals surface area contributed by atoms with Gasteiger partial charge in [-0.3, -0.25) is 4.79 Å². The predicted octanol–water partition coefficient (Wildman–Crippen LogP) is 3.53. The van der Waals surface area contributed by atoms with Crippen molar-refractivity contribution in [3.05, 3.63) is 53.6 Å². The number of hydrogen-bond acceptors (Lipinski definition) is 4. The third-order valence-electron chi connectivity index (χ3n) is 3.95. The number of nitrogens with one attached hydrogen (secondary N) is 1. The van der Waals surface area contributed by atoms with Gasteiger partial charge in [-0.2, -0.15) is 0 Å². The topological polar surface area (TPSA) is 84.9 Å². The highest BCUT2D eigenvalue weighted by Crippen LogP contribution is 2.29. The molecule has 0 aliphatic heterocycles. The van der Waals surface area contributed by atoms with Crippen LogP contribution in [0.2, 0.25) is 0 Å². The first-order chi connectivity index (χ1) is 12.0. The van der Waals surface area contributed by atoms with Crippen molar-refractivity contribution < 1.29 is 24.2 Å². The van der Waals surface area contributed by atoms with E-state index in [1.54, 1.807) is 7.11 Å². The van der Waals surface area contributed by atoms with Gasteiger partial charge in [0, 0.05) is 0 Å². The number of carboxylic acid groups (broad SMARTS) is 1. The summed E-state index contributed by atoms with van der Waals surface area (Å²) in [6, 6.07) is 11.7. The van der Waals surface area contributed by atoms with E-state index in [1.807, 2.05) is 31.2 Å². The van der Waals surface area contributed by atoms with E-state index in [-0.39, 0.29) is 17.4 Å². The van der Waals surface area contributed by atoms with Crippen LogP contribution >= 0.6 is 0 Å². The van der Waals surface area contributed by atoms with Gasteiger partial charge in [0.2, 0.25) is 5.91 Å². The quantitative estimate of drug-likeness (QED) is 0.803. The smallest absolute Gasteiger partial charge is 0.335 e. The van der Waals surface area contributed by atoms with Crippen molar-refractivity contribution in [1.29, 1.82) is 0 Å². The van der Waals surface area contributed by atoms with Crippen LogP contribution in [0.25, 0.3) is 0 Å². The van der Waals surface area contributed by atoms with Gasteiger partial charge < -0.3 is 19.9 Å². The fourth-order valence-electron chi connectivity index (χ4n) is 2.56. The molecule has 6 nitrogen and oxygen atoms in total. The maximum absolute atomic E-state index is 12.7. The number of benzene rings is 2. The molecular weight excluding hydrogens is 322 g/mol. The van der Waals surface area contributed by atoms with Crippen LogP contribution in [0.4, 0.5) is 5.69 Å². The second-order valence-electron chi connectivity index (χ2n) is 5.44. The number of methoxy groups -OCH3 is 2. The Kier molecular flexibility index (Phi) is 6.00. The van der Waals surface area contributed by atoms with Crippen LogP contribution in [0.5, 0.6) is 11.5 Å². The fraction of sp³-hybridized carbons (Fsp3) is 0.263. The summed E-state index contributed by atoms with van der Waals surface area (Å²) in [5.74, 6) is -0.549. The lowest BCUT2D eigenvalue weighted by molar-refractivity contribution is -0.117. The van der Waals surface area contributed by atoms with Crippen molar-refractivity contribution >= 4 is 17.6 Å². The van der Waals surface area contributed by atoms with Crippen LogP contribution in [0.15, 0.2) is 42.5 Å². The summed E-state index contributed by atoms with van der Waals surface area (Å²) in [6.07, 6.45) is 0.619. The maximum atomic E-state index is 12.7. The Morgan fingerprint density at radius 1 is 1.08 bits per heavy atom. The predicted molar refractivity (Wildman–Crippen MR) is 94.6 cm³/mol. The molecule has 132 valence electrons. The zero-order chi connectivity index (χ0) is 18.4. The molecule has 1 amide bonds. The van der Waals surface area contributed by atoms with Crippen LogP contribution in [-0.4, -0.2) is 31.2 Å². The summed E-state index contributed by atoms with van der Waals surface area (Å²) in [7, 11) is 3.02. The second-order valence-corrected chi connectivity index (χ2v) is 5.44. The average molecular weight is 343 g/mol. The Labute approximate surface area is 146 Å². The number of ether oxygens (including phenoxy) is 2. The number of anilines is 1. The largest absolute Gasteiger partial charge is 0.497 e. The van der Waals surface area contributed by atoms with E-state index in [2.05, 4.69) is 5.32 Å². The molecule has 0 heterocycles. The molecule has 0 aromatic heterocycles. The van der Waals surface area contributed by atoms with E-state index in [0.29, 0.717) is 17.9 Å². The van der Waals surface area contributed by atoms with E-state index in [1.165, 1.54) is 25.3 Å². The number of carbonyl (C=O) groups is 2. The molecule has 1 atom stereocenters. The van der Waals surface area contributed by atoms with Gasteiger partial charge in [-0.05, 0) is 42.3 Å². The van der Waals surface area contributed by atoms with Gasteiger partial charge in [-0.15, -0.1) is 0 Å². The van der Waals surface area contributed by atoms with Crippen molar-refractivity contribution in [3.63, 3.8) is 0 Å². The molecule has 0 spiro atoms. The molecule has 0 saturated heterocycles. The van der Waals surface area contributed by atoms with Crippen molar-refractivity contribution in [2.75, 3.05) is 19.5 Å². The van der Waals surface area contributed by atoms with E-state index < -0.39 is 5.97 Å². The van der Waals surface area contributed by atoms with Gasteiger partial charge in [0.1, 0.15) is 11.5 Å². The molecule has 6 heteroatoms. The first kappa shape index (κ1) is 18.3. The number of rotatable bonds is 7.